The van der Waals surface area contributed by atoms with Crippen molar-refractivity contribution < 1.29 is 18.3 Å². The fourth-order valence-corrected chi connectivity index (χ4v) is 3.48. The number of pyridine rings is 1. The van der Waals surface area contributed by atoms with Crippen molar-refractivity contribution in [2.75, 3.05) is 18.0 Å². The number of hydrogen-bond donors (Lipinski definition) is 1. The minimum Gasteiger partial charge on any atom is -0.393 e. The monoisotopic (exact) mass is 412 g/mol. The predicted octanol–water partition coefficient (Wildman–Crippen LogP) is 3.48. The van der Waals surface area contributed by atoms with E-state index in [4.69, 9.17) is 11.6 Å². The summed E-state index contributed by atoms with van der Waals surface area (Å²) in [5, 5.41) is 13.5. The average Bonchev–Trinajstić information content (AvgIpc) is 3.02. The number of aromatic nitrogens is 3. The fraction of sp³-hybridized carbons (Fsp3) is 0.474. The summed E-state index contributed by atoms with van der Waals surface area (Å²) in [5.74, 6) is 5.61. The standard InChI is InChI=1S/C19H20ClF3N4O/c1-12(28)13-5-7-27(8-6-13)16-9-17(20)24-10-14(16)3-4-15-11-26(2)25-18(15)19(21,22)23/h9-13,28H,5-8H2,1-2H3. The van der Waals surface area contributed by atoms with Crippen molar-refractivity contribution in [3.05, 3.63) is 40.4 Å². The second-order valence-electron chi connectivity index (χ2n) is 6.90. The number of aryl methyl sites for hydroxylation is 1. The first-order chi connectivity index (χ1) is 13.1. The molecule has 0 aliphatic carbocycles. The van der Waals surface area contributed by atoms with Crippen LogP contribution in [-0.2, 0) is 13.2 Å². The third-order valence-electron chi connectivity index (χ3n) is 4.84. The van der Waals surface area contributed by atoms with Crippen LogP contribution in [0.4, 0.5) is 18.9 Å². The second-order valence-corrected chi connectivity index (χ2v) is 7.29. The van der Waals surface area contributed by atoms with Crippen molar-refractivity contribution >= 4 is 17.3 Å². The summed E-state index contributed by atoms with van der Waals surface area (Å²) >= 11 is 6.03. The quantitative estimate of drug-likeness (QED) is 0.606. The zero-order valence-corrected chi connectivity index (χ0v) is 16.2. The molecule has 0 amide bonds. The Morgan fingerprint density at radius 1 is 1.25 bits per heavy atom. The van der Waals surface area contributed by atoms with E-state index >= 15 is 0 Å². The van der Waals surface area contributed by atoms with E-state index in [0.29, 0.717) is 18.7 Å². The molecule has 1 fully saturated rings. The van der Waals surface area contributed by atoms with Crippen LogP contribution >= 0.6 is 11.6 Å². The van der Waals surface area contributed by atoms with E-state index < -0.39 is 11.9 Å². The van der Waals surface area contributed by atoms with Crippen molar-refractivity contribution in [3.8, 4) is 11.8 Å². The number of halogens is 4. The number of aliphatic hydroxyl groups excluding tert-OH is 1. The fourth-order valence-electron chi connectivity index (χ4n) is 3.32. The van der Waals surface area contributed by atoms with Gasteiger partial charge >= 0.3 is 6.18 Å². The van der Waals surface area contributed by atoms with Crippen molar-refractivity contribution in [2.45, 2.75) is 32.0 Å². The minimum absolute atomic E-state index is 0.191. The first-order valence-electron chi connectivity index (χ1n) is 8.86. The topological polar surface area (TPSA) is 54.2 Å². The number of nitrogens with zero attached hydrogens (tertiary/aromatic N) is 4. The average molecular weight is 413 g/mol. The van der Waals surface area contributed by atoms with E-state index in [-0.39, 0.29) is 22.7 Å². The Kier molecular flexibility index (Phi) is 5.87. The number of anilines is 1. The zero-order chi connectivity index (χ0) is 20.5. The van der Waals surface area contributed by atoms with Crippen molar-refractivity contribution in [1.82, 2.24) is 14.8 Å². The molecule has 150 valence electrons. The van der Waals surface area contributed by atoms with Crippen molar-refractivity contribution in [2.24, 2.45) is 13.0 Å². The second kappa shape index (κ2) is 8.02. The highest BCUT2D eigenvalue weighted by Crippen LogP contribution is 2.31. The molecule has 3 heterocycles. The van der Waals surface area contributed by atoms with Crippen LogP contribution in [0.2, 0.25) is 5.15 Å². The van der Waals surface area contributed by atoms with Crippen LogP contribution in [0, 0.1) is 17.8 Å². The molecule has 0 bridgehead atoms. The molecule has 2 aromatic rings. The van der Waals surface area contributed by atoms with Crippen LogP contribution in [0.1, 0.15) is 36.6 Å². The lowest BCUT2D eigenvalue weighted by Crippen LogP contribution is -2.37. The van der Waals surface area contributed by atoms with Crippen LogP contribution in [0.15, 0.2) is 18.5 Å². The first-order valence-corrected chi connectivity index (χ1v) is 9.24. The van der Waals surface area contributed by atoms with E-state index in [9.17, 15) is 18.3 Å². The smallest absolute Gasteiger partial charge is 0.393 e. The molecule has 5 nitrogen and oxygen atoms in total. The Bertz CT molecular complexity index is 906. The first kappa shape index (κ1) is 20.5. The number of alkyl halides is 3. The summed E-state index contributed by atoms with van der Waals surface area (Å²) in [6, 6.07) is 1.67. The Labute approximate surface area is 166 Å². The molecular formula is C19H20ClF3N4O. The number of piperidine rings is 1. The molecule has 3 rings (SSSR count). The summed E-state index contributed by atoms with van der Waals surface area (Å²) in [6.07, 6.45) is -0.609. The highest BCUT2D eigenvalue weighted by molar-refractivity contribution is 6.29. The highest BCUT2D eigenvalue weighted by Gasteiger charge is 2.36. The molecule has 0 radical (unpaired) electrons. The van der Waals surface area contributed by atoms with Crippen LogP contribution in [-0.4, -0.2) is 39.1 Å². The van der Waals surface area contributed by atoms with Gasteiger partial charge in [-0.1, -0.05) is 23.4 Å². The minimum atomic E-state index is -4.57. The van der Waals surface area contributed by atoms with Crippen LogP contribution < -0.4 is 4.90 Å². The summed E-state index contributed by atoms with van der Waals surface area (Å²) < 4.78 is 40.4. The molecule has 1 saturated heterocycles. The number of hydrogen-bond acceptors (Lipinski definition) is 4. The normalized spacial score (nSPS) is 16.6. The predicted molar refractivity (Wildman–Crippen MR) is 100 cm³/mol. The van der Waals surface area contributed by atoms with Crippen molar-refractivity contribution in [3.63, 3.8) is 0 Å². The third-order valence-corrected chi connectivity index (χ3v) is 5.05. The molecule has 28 heavy (non-hydrogen) atoms. The Morgan fingerprint density at radius 2 is 1.89 bits per heavy atom. The molecular weight excluding hydrogens is 393 g/mol. The molecule has 0 spiro atoms. The molecule has 0 aromatic carbocycles. The SMILES string of the molecule is CC(O)C1CCN(c2cc(Cl)ncc2C#Cc2cn(C)nc2C(F)(F)F)CC1. The zero-order valence-electron chi connectivity index (χ0n) is 15.5. The van der Waals surface area contributed by atoms with Gasteiger partial charge in [-0.05, 0) is 25.7 Å². The Morgan fingerprint density at radius 3 is 2.50 bits per heavy atom. The summed E-state index contributed by atoms with van der Waals surface area (Å²) in [5.41, 5.74) is 0.0262. The van der Waals surface area contributed by atoms with Gasteiger partial charge in [-0.15, -0.1) is 0 Å². The van der Waals surface area contributed by atoms with Gasteiger partial charge in [-0.3, -0.25) is 4.68 Å². The molecule has 0 saturated carbocycles. The Balaban J connectivity index is 1.91. The van der Waals surface area contributed by atoms with Gasteiger partial charge < -0.3 is 10.0 Å². The summed E-state index contributed by atoms with van der Waals surface area (Å²) in [4.78, 5) is 6.09. The highest BCUT2D eigenvalue weighted by atomic mass is 35.5. The van der Waals surface area contributed by atoms with Gasteiger partial charge in [0.25, 0.3) is 0 Å². The summed E-state index contributed by atoms with van der Waals surface area (Å²) in [6.45, 7) is 3.18. The van der Waals surface area contributed by atoms with Gasteiger partial charge in [0.2, 0.25) is 0 Å². The van der Waals surface area contributed by atoms with Gasteiger partial charge in [-0.25, -0.2) is 4.98 Å². The third kappa shape index (κ3) is 4.59. The maximum absolute atomic E-state index is 13.1. The molecule has 1 aliphatic rings. The maximum Gasteiger partial charge on any atom is 0.436 e. The molecule has 1 atom stereocenters. The lowest BCUT2D eigenvalue weighted by Gasteiger charge is -2.35. The van der Waals surface area contributed by atoms with Crippen LogP contribution in [0.5, 0.6) is 0 Å². The van der Waals surface area contributed by atoms with Crippen LogP contribution in [0.3, 0.4) is 0 Å². The van der Waals surface area contributed by atoms with E-state index in [2.05, 4.69) is 26.8 Å². The lowest BCUT2D eigenvalue weighted by atomic mass is 9.92. The molecule has 2 aromatic heterocycles. The van der Waals surface area contributed by atoms with Gasteiger partial charge in [0, 0.05) is 38.6 Å². The number of rotatable bonds is 2. The van der Waals surface area contributed by atoms with Crippen molar-refractivity contribution in [1.29, 1.82) is 0 Å². The molecule has 1 aliphatic heterocycles. The molecule has 1 unspecified atom stereocenters. The maximum atomic E-state index is 13.1. The number of aliphatic hydroxyl groups is 1. The Hall–Kier alpha value is -2.24. The molecule has 9 heteroatoms. The van der Waals surface area contributed by atoms with Crippen LogP contribution in [0.25, 0.3) is 0 Å². The molecule has 1 N–H and O–H groups in total. The largest absolute Gasteiger partial charge is 0.436 e. The van der Waals surface area contributed by atoms with Gasteiger partial charge in [-0.2, -0.15) is 18.3 Å². The van der Waals surface area contributed by atoms with E-state index in [1.165, 1.54) is 19.4 Å². The van der Waals surface area contributed by atoms with Gasteiger partial charge in [0.05, 0.1) is 22.9 Å². The van der Waals surface area contributed by atoms with Gasteiger partial charge in [0.15, 0.2) is 5.69 Å². The lowest BCUT2D eigenvalue weighted by molar-refractivity contribution is -0.141. The van der Waals surface area contributed by atoms with E-state index in [1.54, 1.807) is 13.0 Å². The van der Waals surface area contributed by atoms with E-state index in [0.717, 1.165) is 23.2 Å². The van der Waals surface area contributed by atoms with Gasteiger partial charge in [0.1, 0.15) is 5.15 Å². The summed E-state index contributed by atoms with van der Waals surface area (Å²) in [7, 11) is 1.42. The van der Waals surface area contributed by atoms with E-state index in [1.807, 2.05) is 0 Å².